The van der Waals surface area contributed by atoms with Gasteiger partial charge in [0.2, 0.25) is 5.91 Å². The third kappa shape index (κ3) is 2.16. The number of nitrogens with zero attached hydrogens (tertiary/aromatic N) is 2. The molecule has 2 aliphatic heterocycles. The van der Waals surface area contributed by atoms with E-state index in [1.807, 2.05) is 36.4 Å². The number of hydrogen-bond acceptors (Lipinski definition) is 3. The Labute approximate surface area is 151 Å². The van der Waals surface area contributed by atoms with Crippen LogP contribution in [0.4, 0.5) is 0 Å². The molecule has 0 saturated carbocycles. The second-order valence-electron chi connectivity index (χ2n) is 6.62. The second kappa shape index (κ2) is 6.01. The van der Waals surface area contributed by atoms with Gasteiger partial charge in [-0.2, -0.15) is 0 Å². The average molecular weight is 346 g/mol. The van der Waals surface area contributed by atoms with Crippen LogP contribution in [0.2, 0.25) is 0 Å². The molecule has 130 valence electrons. The van der Waals surface area contributed by atoms with Crippen molar-refractivity contribution in [3.8, 4) is 12.3 Å². The molecule has 4 rings (SSSR count). The highest BCUT2D eigenvalue weighted by Crippen LogP contribution is 2.49. The number of amides is 2. The molecule has 2 heterocycles. The Bertz CT molecular complexity index is 918. The Kier molecular flexibility index (Phi) is 3.78. The minimum atomic E-state index is -1.16. The number of likely N-dealkylation sites (tertiary alicyclic amines) is 1. The van der Waals surface area contributed by atoms with Crippen LogP contribution >= 0.6 is 0 Å². The zero-order valence-electron chi connectivity index (χ0n) is 14.1. The standard InChI is InChI=1S/C21H18N2O3/c1-2-12-23-19(25)16-10-6-7-11-17(16)21(23)13-18(24)22(20(21)26)14-15-8-4-3-5-9-15/h1,3-11,20,26H,12-14H2/t20-,21-/m0/s1. The molecule has 5 nitrogen and oxygen atoms in total. The van der Waals surface area contributed by atoms with Gasteiger partial charge in [-0.3, -0.25) is 9.59 Å². The van der Waals surface area contributed by atoms with Crippen molar-refractivity contribution in [1.82, 2.24) is 9.80 Å². The summed E-state index contributed by atoms with van der Waals surface area (Å²) >= 11 is 0. The van der Waals surface area contributed by atoms with Gasteiger partial charge in [0.15, 0.2) is 6.23 Å². The lowest BCUT2D eigenvalue weighted by atomic mass is 9.87. The van der Waals surface area contributed by atoms with Gasteiger partial charge < -0.3 is 14.9 Å². The number of carbonyl (C=O) groups excluding carboxylic acids is 2. The van der Waals surface area contributed by atoms with Crippen molar-refractivity contribution in [1.29, 1.82) is 0 Å². The first-order chi connectivity index (χ1) is 12.6. The maximum atomic E-state index is 12.9. The SMILES string of the molecule is C#CCN1C(=O)c2ccccc2[C@]12CC(=O)N(Cc1ccccc1)[C@H]2O. The van der Waals surface area contributed by atoms with Crippen molar-refractivity contribution in [3.05, 3.63) is 71.3 Å². The van der Waals surface area contributed by atoms with Crippen molar-refractivity contribution in [2.75, 3.05) is 6.54 Å². The zero-order chi connectivity index (χ0) is 18.3. The van der Waals surface area contributed by atoms with Gasteiger partial charge in [0.25, 0.3) is 5.91 Å². The number of benzene rings is 2. The van der Waals surface area contributed by atoms with Crippen molar-refractivity contribution in [2.24, 2.45) is 0 Å². The smallest absolute Gasteiger partial charge is 0.255 e. The number of carbonyl (C=O) groups is 2. The number of fused-ring (bicyclic) bond motifs is 2. The van der Waals surface area contributed by atoms with Gasteiger partial charge >= 0.3 is 0 Å². The molecular formula is C21H18N2O3. The van der Waals surface area contributed by atoms with Gasteiger partial charge in [0, 0.05) is 12.1 Å². The first-order valence-electron chi connectivity index (χ1n) is 8.46. The predicted octanol–water partition coefficient (Wildman–Crippen LogP) is 1.72. The lowest BCUT2D eigenvalue weighted by Gasteiger charge is -2.38. The van der Waals surface area contributed by atoms with Crippen LogP contribution in [0.3, 0.4) is 0 Å². The van der Waals surface area contributed by atoms with E-state index < -0.39 is 11.8 Å². The number of hydrogen-bond donors (Lipinski definition) is 1. The van der Waals surface area contributed by atoms with E-state index in [9.17, 15) is 14.7 Å². The van der Waals surface area contributed by atoms with Gasteiger partial charge in [-0.15, -0.1) is 6.42 Å². The molecular weight excluding hydrogens is 328 g/mol. The van der Waals surface area contributed by atoms with Gasteiger partial charge in [-0.1, -0.05) is 54.5 Å². The van der Waals surface area contributed by atoms with Crippen molar-refractivity contribution >= 4 is 11.8 Å². The second-order valence-corrected chi connectivity index (χ2v) is 6.62. The monoisotopic (exact) mass is 346 g/mol. The van der Waals surface area contributed by atoms with E-state index in [2.05, 4.69) is 5.92 Å². The fraction of sp³-hybridized carbons (Fsp3) is 0.238. The first-order valence-corrected chi connectivity index (χ1v) is 8.46. The Morgan fingerprint density at radius 3 is 2.54 bits per heavy atom. The molecule has 0 radical (unpaired) electrons. The molecule has 2 aromatic rings. The molecule has 1 N–H and O–H groups in total. The molecule has 5 heteroatoms. The fourth-order valence-corrected chi connectivity index (χ4v) is 4.06. The van der Waals surface area contributed by atoms with Crippen LogP contribution < -0.4 is 0 Å². The van der Waals surface area contributed by atoms with Gasteiger partial charge in [0.05, 0.1) is 13.0 Å². The molecule has 1 spiro atoms. The topological polar surface area (TPSA) is 60.9 Å². The quantitative estimate of drug-likeness (QED) is 0.861. The molecule has 2 atom stereocenters. The minimum Gasteiger partial charge on any atom is -0.371 e. The summed E-state index contributed by atoms with van der Waals surface area (Å²) in [6, 6.07) is 16.6. The van der Waals surface area contributed by atoms with Crippen LogP contribution in [0.25, 0.3) is 0 Å². The first kappa shape index (κ1) is 16.4. The van der Waals surface area contributed by atoms with Crippen molar-refractivity contribution < 1.29 is 14.7 Å². The molecule has 2 amide bonds. The lowest BCUT2D eigenvalue weighted by molar-refractivity contribution is -0.135. The van der Waals surface area contributed by atoms with Gasteiger partial charge in [-0.05, 0) is 17.2 Å². The van der Waals surface area contributed by atoms with E-state index in [-0.39, 0.29) is 31.3 Å². The van der Waals surface area contributed by atoms with Crippen molar-refractivity contribution in [2.45, 2.75) is 24.7 Å². The summed E-state index contributed by atoms with van der Waals surface area (Å²) in [6.07, 6.45) is 4.33. The summed E-state index contributed by atoms with van der Waals surface area (Å²) in [4.78, 5) is 28.5. The maximum Gasteiger partial charge on any atom is 0.255 e. The average Bonchev–Trinajstić information content (AvgIpc) is 3.05. The summed E-state index contributed by atoms with van der Waals surface area (Å²) in [5, 5.41) is 11.2. The zero-order valence-corrected chi connectivity index (χ0v) is 14.1. The van der Waals surface area contributed by atoms with Crippen LogP contribution in [0.15, 0.2) is 54.6 Å². The number of aliphatic hydroxyl groups excluding tert-OH is 1. The molecule has 0 aliphatic carbocycles. The number of terminal acetylenes is 1. The highest BCUT2D eigenvalue weighted by molar-refractivity contribution is 6.02. The van der Waals surface area contributed by atoms with Gasteiger partial charge in [0.1, 0.15) is 5.54 Å². The molecule has 1 fully saturated rings. The summed E-state index contributed by atoms with van der Waals surface area (Å²) in [5.74, 6) is 2.05. The summed E-state index contributed by atoms with van der Waals surface area (Å²) in [7, 11) is 0. The van der Waals surface area contributed by atoms with E-state index >= 15 is 0 Å². The molecule has 2 aromatic carbocycles. The number of rotatable bonds is 3. The third-order valence-electron chi connectivity index (χ3n) is 5.26. The highest BCUT2D eigenvalue weighted by Gasteiger charge is 2.61. The highest BCUT2D eigenvalue weighted by atomic mass is 16.3. The normalized spacial score (nSPS) is 24.2. The minimum absolute atomic E-state index is 0.0193. The Hall–Kier alpha value is -3.10. The van der Waals surface area contributed by atoms with E-state index in [1.165, 1.54) is 9.80 Å². The Morgan fingerprint density at radius 2 is 1.81 bits per heavy atom. The van der Waals surface area contributed by atoms with E-state index in [1.54, 1.807) is 18.2 Å². The Balaban J connectivity index is 1.78. The van der Waals surface area contributed by atoms with E-state index in [4.69, 9.17) is 6.42 Å². The molecule has 26 heavy (non-hydrogen) atoms. The van der Waals surface area contributed by atoms with Crippen LogP contribution in [0, 0.1) is 12.3 Å². The van der Waals surface area contributed by atoms with Crippen LogP contribution in [-0.2, 0) is 16.9 Å². The van der Waals surface area contributed by atoms with Crippen molar-refractivity contribution in [3.63, 3.8) is 0 Å². The molecule has 0 bridgehead atoms. The molecule has 0 unspecified atom stereocenters. The number of aliphatic hydroxyl groups is 1. The summed E-state index contributed by atoms with van der Waals surface area (Å²) < 4.78 is 0. The van der Waals surface area contributed by atoms with E-state index in [0.717, 1.165) is 5.56 Å². The largest absolute Gasteiger partial charge is 0.371 e. The fourth-order valence-electron chi connectivity index (χ4n) is 4.06. The Morgan fingerprint density at radius 1 is 1.12 bits per heavy atom. The van der Waals surface area contributed by atoms with Gasteiger partial charge in [-0.25, -0.2) is 0 Å². The lowest BCUT2D eigenvalue weighted by Crippen LogP contribution is -2.52. The van der Waals surface area contributed by atoms with Crippen LogP contribution in [0.5, 0.6) is 0 Å². The van der Waals surface area contributed by atoms with Crippen LogP contribution in [0.1, 0.15) is 27.9 Å². The predicted molar refractivity (Wildman–Crippen MR) is 95.6 cm³/mol. The summed E-state index contributed by atoms with van der Waals surface area (Å²) in [6.45, 7) is 0.319. The molecule has 2 aliphatic rings. The van der Waals surface area contributed by atoms with Crippen LogP contribution in [-0.4, -0.2) is 39.5 Å². The summed E-state index contributed by atoms with van der Waals surface area (Å²) in [5.41, 5.74) is 0.942. The maximum absolute atomic E-state index is 12.9. The third-order valence-corrected chi connectivity index (χ3v) is 5.26. The molecule has 1 saturated heterocycles. The molecule has 0 aromatic heterocycles. The van der Waals surface area contributed by atoms with E-state index in [0.29, 0.717) is 11.1 Å².